The predicted octanol–water partition coefficient (Wildman–Crippen LogP) is 3.46. The summed E-state index contributed by atoms with van der Waals surface area (Å²) in [5, 5.41) is 3.05. The first kappa shape index (κ1) is 24.1. The summed E-state index contributed by atoms with van der Waals surface area (Å²) in [4.78, 5) is 25.7. The van der Waals surface area contributed by atoms with Crippen molar-refractivity contribution in [2.45, 2.75) is 31.6 Å². The fourth-order valence-electron chi connectivity index (χ4n) is 3.78. The molecule has 2 N–H and O–H groups in total. The lowest BCUT2D eigenvalue weighted by Gasteiger charge is -2.30. The van der Waals surface area contributed by atoms with Gasteiger partial charge in [0.1, 0.15) is 0 Å². The van der Waals surface area contributed by atoms with Crippen LogP contribution in [0.4, 0.5) is 5.69 Å². The molecular formula is C24H26N2O6S. The van der Waals surface area contributed by atoms with Crippen LogP contribution < -0.4 is 10.0 Å². The van der Waals surface area contributed by atoms with Crippen LogP contribution >= 0.6 is 0 Å². The van der Waals surface area contributed by atoms with Crippen LogP contribution in [0.15, 0.2) is 82.0 Å². The highest BCUT2D eigenvalue weighted by Gasteiger charge is 2.37. The first-order chi connectivity index (χ1) is 15.7. The second kappa shape index (κ2) is 9.91. The molecule has 1 aliphatic rings. The largest absolute Gasteiger partial charge is 0.466 e. The molecule has 0 fully saturated rings. The average molecular weight is 471 g/mol. The Morgan fingerprint density at radius 2 is 1.61 bits per heavy atom. The Morgan fingerprint density at radius 1 is 0.970 bits per heavy atom. The smallest absolute Gasteiger partial charge is 0.336 e. The molecule has 174 valence electrons. The molecule has 0 bridgehead atoms. The maximum Gasteiger partial charge on any atom is 0.336 e. The summed E-state index contributed by atoms with van der Waals surface area (Å²) in [6.07, 6.45) is 0. The molecule has 0 radical (unpaired) electrons. The topological polar surface area (TPSA) is 111 Å². The number of allylic oxidation sites excluding steroid dienone is 2. The fraction of sp³-hybridized carbons (Fsp3) is 0.250. The van der Waals surface area contributed by atoms with E-state index >= 15 is 0 Å². The Balaban J connectivity index is 2.10. The molecule has 8 nitrogen and oxygen atoms in total. The molecule has 0 saturated heterocycles. The van der Waals surface area contributed by atoms with Crippen molar-refractivity contribution in [3.8, 4) is 0 Å². The quantitative estimate of drug-likeness (QED) is 0.596. The van der Waals surface area contributed by atoms with Gasteiger partial charge in [-0.05, 0) is 50.6 Å². The minimum Gasteiger partial charge on any atom is -0.466 e. The normalized spacial score (nSPS) is 16.2. The molecule has 0 aromatic heterocycles. The number of hydrogen-bond donors (Lipinski definition) is 2. The van der Waals surface area contributed by atoms with E-state index < -0.39 is 27.9 Å². The summed E-state index contributed by atoms with van der Waals surface area (Å²) in [5.41, 5.74) is 2.40. The summed E-state index contributed by atoms with van der Waals surface area (Å²) >= 11 is 0. The Morgan fingerprint density at radius 3 is 2.21 bits per heavy atom. The van der Waals surface area contributed by atoms with Crippen LogP contribution in [-0.2, 0) is 29.1 Å². The van der Waals surface area contributed by atoms with Gasteiger partial charge >= 0.3 is 11.9 Å². The number of esters is 2. The summed E-state index contributed by atoms with van der Waals surface area (Å²) in [6.45, 7) is 5.29. The van der Waals surface area contributed by atoms with Crippen molar-refractivity contribution in [2.24, 2.45) is 0 Å². The Kier molecular flexibility index (Phi) is 7.23. The van der Waals surface area contributed by atoms with Crippen LogP contribution in [0.3, 0.4) is 0 Å². The molecule has 0 amide bonds. The number of nitrogens with one attached hydrogen (secondary N) is 2. The molecule has 2 aromatic carbocycles. The third-order valence-electron chi connectivity index (χ3n) is 5.19. The number of carbonyl (C=O) groups excluding carboxylic acids is 2. The van der Waals surface area contributed by atoms with E-state index in [0.717, 1.165) is 0 Å². The van der Waals surface area contributed by atoms with E-state index in [1.807, 2.05) is 0 Å². The molecule has 2 aromatic rings. The second-order valence-electron chi connectivity index (χ2n) is 7.39. The Labute approximate surface area is 193 Å². The summed E-state index contributed by atoms with van der Waals surface area (Å²) in [7, 11) is -2.56. The maximum absolute atomic E-state index is 12.8. The summed E-state index contributed by atoms with van der Waals surface area (Å²) in [5.74, 6) is -1.98. The second-order valence-corrected chi connectivity index (χ2v) is 9.07. The van der Waals surface area contributed by atoms with Crippen LogP contribution in [-0.4, -0.2) is 34.1 Å². The van der Waals surface area contributed by atoms with E-state index in [1.165, 1.54) is 19.2 Å². The third-order valence-corrected chi connectivity index (χ3v) is 6.58. The highest BCUT2D eigenvalue weighted by molar-refractivity contribution is 7.92. The van der Waals surface area contributed by atoms with E-state index in [-0.39, 0.29) is 28.3 Å². The van der Waals surface area contributed by atoms with Gasteiger partial charge in [-0.2, -0.15) is 0 Å². The van der Waals surface area contributed by atoms with E-state index in [2.05, 4.69) is 10.0 Å². The standard InChI is InChI=1S/C24H26N2O6S/c1-5-32-24(28)21-16(3)25-15(2)20(23(27)31-4)22(21)17-10-9-11-18(14-17)26-33(29,30)19-12-7-6-8-13-19/h6-14,22,25-26H,5H2,1-4H3. The van der Waals surface area contributed by atoms with Crippen LogP contribution in [0.1, 0.15) is 32.3 Å². The van der Waals surface area contributed by atoms with Crippen LogP contribution in [0.2, 0.25) is 0 Å². The first-order valence-corrected chi connectivity index (χ1v) is 11.8. The number of ether oxygens (including phenoxy) is 2. The number of rotatable bonds is 7. The molecule has 1 atom stereocenters. The van der Waals surface area contributed by atoms with Crippen molar-refractivity contribution in [3.63, 3.8) is 0 Å². The van der Waals surface area contributed by atoms with Gasteiger partial charge in [-0.15, -0.1) is 0 Å². The minimum atomic E-state index is -3.82. The maximum atomic E-state index is 12.8. The van der Waals surface area contributed by atoms with E-state index in [1.54, 1.807) is 63.2 Å². The molecule has 9 heteroatoms. The number of sulfonamides is 1. The molecule has 0 saturated carbocycles. The zero-order valence-electron chi connectivity index (χ0n) is 18.8. The molecule has 0 spiro atoms. The predicted molar refractivity (Wildman–Crippen MR) is 124 cm³/mol. The lowest BCUT2D eigenvalue weighted by atomic mass is 9.80. The zero-order chi connectivity index (χ0) is 24.2. The van der Waals surface area contributed by atoms with Gasteiger partial charge in [-0.1, -0.05) is 30.3 Å². The molecule has 0 aliphatic carbocycles. The molecule has 1 heterocycles. The van der Waals surface area contributed by atoms with Crippen LogP contribution in [0.5, 0.6) is 0 Å². The van der Waals surface area contributed by atoms with Gasteiger partial charge in [-0.25, -0.2) is 18.0 Å². The van der Waals surface area contributed by atoms with Gasteiger partial charge in [0.2, 0.25) is 0 Å². The van der Waals surface area contributed by atoms with Crippen LogP contribution in [0.25, 0.3) is 0 Å². The molecular weight excluding hydrogens is 444 g/mol. The first-order valence-electron chi connectivity index (χ1n) is 10.3. The number of methoxy groups -OCH3 is 1. The van der Waals surface area contributed by atoms with Crippen molar-refractivity contribution in [3.05, 3.63) is 82.7 Å². The molecule has 1 aliphatic heterocycles. The van der Waals surface area contributed by atoms with Gasteiger partial charge in [0.15, 0.2) is 0 Å². The number of anilines is 1. The monoisotopic (exact) mass is 470 g/mol. The Hall–Kier alpha value is -3.59. The fourth-order valence-corrected chi connectivity index (χ4v) is 4.85. The highest BCUT2D eigenvalue weighted by atomic mass is 32.2. The average Bonchev–Trinajstić information content (AvgIpc) is 2.78. The SMILES string of the molecule is CCOC(=O)C1=C(C)NC(C)=C(C(=O)OC)C1c1cccc(NS(=O)(=O)c2ccccc2)c1. The van der Waals surface area contributed by atoms with Gasteiger partial charge in [0.25, 0.3) is 10.0 Å². The third kappa shape index (κ3) is 5.09. The van der Waals surface area contributed by atoms with Gasteiger partial charge in [-0.3, -0.25) is 4.72 Å². The summed E-state index contributed by atoms with van der Waals surface area (Å²) in [6, 6.07) is 14.5. The van der Waals surface area contributed by atoms with E-state index in [9.17, 15) is 18.0 Å². The number of benzene rings is 2. The van der Waals surface area contributed by atoms with Crippen molar-refractivity contribution in [1.29, 1.82) is 0 Å². The highest BCUT2D eigenvalue weighted by Crippen LogP contribution is 2.40. The molecule has 3 rings (SSSR count). The molecule has 33 heavy (non-hydrogen) atoms. The van der Waals surface area contributed by atoms with Crippen molar-refractivity contribution in [1.82, 2.24) is 5.32 Å². The number of dihydropyridines is 1. The lowest BCUT2D eigenvalue weighted by Crippen LogP contribution is -2.32. The Bertz CT molecular complexity index is 1230. The zero-order valence-corrected chi connectivity index (χ0v) is 19.7. The van der Waals surface area contributed by atoms with Gasteiger partial charge < -0.3 is 14.8 Å². The molecule has 1 unspecified atom stereocenters. The number of hydrogen-bond acceptors (Lipinski definition) is 7. The van der Waals surface area contributed by atoms with Crippen molar-refractivity contribution < 1.29 is 27.5 Å². The van der Waals surface area contributed by atoms with Gasteiger partial charge in [0, 0.05) is 17.1 Å². The van der Waals surface area contributed by atoms with Crippen molar-refractivity contribution >= 4 is 27.6 Å². The van der Waals surface area contributed by atoms with Crippen LogP contribution in [0, 0.1) is 0 Å². The van der Waals surface area contributed by atoms with E-state index in [0.29, 0.717) is 17.0 Å². The van der Waals surface area contributed by atoms with E-state index in [4.69, 9.17) is 9.47 Å². The number of carbonyl (C=O) groups is 2. The van der Waals surface area contributed by atoms with Crippen molar-refractivity contribution in [2.75, 3.05) is 18.4 Å². The van der Waals surface area contributed by atoms with Gasteiger partial charge in [0.05, 0.1) is 35.7 Å². The summed E-state index contributed by atoms with van der Waals surface area (Å²) < 4.78 is 38.3. The minimum absolute atomic E-state index is 0.117. The lowest BCUT2D eigenvalue weighted by molar-refractivity contribution is -0.139.